The molecule has 24 heavy (non-hydrogen) atoms. The van der Waals surface area contributed by atoms with Gasteiger partial charge in [0.15, 0.2) is 5.75 Å². The number of rotatable bonds is 7. The lowest BCUT2D eigenvalue weighted by Crippen LogP contribution is -2.28. The molecule has 0 saturated carbocycles. The van der Waals surface area contributed by atoms with E-state index in [0.29, 0.717) is 27.2 Å². The number of ether oxygens (including phenoxy) is 2. The second-order valence-corrected chi connectivity index (χ2v) is 7.58. The molecule has 8 heteroatoms. The SMILES string of the molecule is CC(=COc1c(Cl)cc(OCC=C(Cl)Cl)cc1Cl)NOC(C)(C)C. The molecule has 0 radical (unpaired) electrons. The van der Waals surface area contributed by atoms with Gasteiger partial charge in [0.1, 0.15) is 23.1 Å². The molecule has 1 aromatic rings. The van der Waals surface area contributed by atoms with Gasteiger partial charge in [0, 0.05) is 12.1 Å². The van der Waals surface area contributed by atoms with Gasteiger partial charge >= 0.3 is 0 Å². The number of nitrogens with one attached hydrogen (secondary N) is 1. The van der Waals surface area contributed by atoms with Gasteiger partial charge in [0.25, 0.3) is 0 Å². The highest BCUT2D eigenvalue weighted by molar-refractivity contribution is 6.55. The molecule has 0 amide bonds. The Hall–Kier alpha value is -0.780. The molecule has 0 heterocycles. The van der Waals surface area contributed by atoms with E-state index < -0.39 is 0 Å². The van der Waals surface area contributed by atoms with Gasteiger partial charge in [0.05, 0.1) is 21.3 Å². The molecule has 0 bridgehead atoms. The van der Waals surface area contributed by atoms with E-state index in [2.05, 4.69) is 5.48 Å². The summed E-state index contributed by atoms with van der Waals surface area (Å²) in [6.07, 6.45) is 2.96. The molecule has 1 aromatic carbocycles. The van der Waals surface area contributed by atoms with Gasteiger partial charge in [-0.15, -0.1) is 0 Å². The van der Waals surface area contributed by atoms with Gasteiger partial charge < -0.3 is 9.47 Å². The molecule has 134 valence electrons. The van der Waals surface area contributed by atoms with Crippen molar-refractivity contribution < 1.29 is 14.3 Å². The molecule has 0 aromatic heterocycles. The van der Waals surface area contributed by atoms with Gasteiger partial charge in [0.2, 0.25) is 0 Å². The fourth-order valence-corrected chi connectivity index (χ4v) is 2.02. The molecule has 0 aliphatic rings. The number of halogens is 4. The third kappa shape index (κ3) is 8.36. The molecule has 0 aliphatic carbocycles. The zero-order valence-corrected chi connectivity index (χ0v) is 16.8. The van der Waals surface area contributed by atoms with Crippen LogP contribution in [0.3, 0.4) is 0 Å². The average Bonchev–Trinajstić information content (AvgIpc) is 2.43. The summed E-state index contributed by atoms with van der Waals surface area (Å²) in [6, 6.07) is 3.17. The zero-order valence-electron chi connectivity index (χ0n) is 13.8. The van der Waals surface area contributed by atoms with E-state index in [9.17, 15) is 0 Å². The van der Waals surface area contributed by atoms with E-state index in [1.807, 2.05) is 20.8 Å². The number of hydrogen-bond acceptors (Lipinski definition) is 4. The molecular weight excluding hydrogens is 396 g/mol. The van der Waals surface area contributed by atoms with Crippen molar-refractivity contribution in [3.63, 3.8) is 0 Å². The topological polar surface area (TPSA) is 39.7 Å². The lowest BCUT2D eigenvalue weighted by atomic mass is 10.2. The molecule has 0 unspecified atom stereocenters. The van der Waals surface area contributed by atoms with Crippen molar-refractivity contribution in [3.05, 3.63) is 44.7 Å². The average molecular weight is 415 g/mol. The van der Waals surface area contributed by atoms with Crippen LogP contribution in [-0.2, 0) is 4.84 Å². The summed E-state index contributed by atoms with van der Waals surface area (Å²) in [5, 5.41) is 0.610. The number of hydroxylamine groups is 1. The number of allylic oxidation sites excluding steroid dienone is 1. The number of benzene rings is 1. The summed E-state index contributed by atoms with van der Waals surface area (Å²) >= 11 is 23.4. The Balaban J connectivity index is 2.74. The Morgan fingerprint density at radius 2 is 1.75 bits per heavy atom. The van der Waals surface area contributed by atoms with Gasteiger partial charge in [-0.1, -0.05) is 46.4 Å². The van der Waals surface area contributed by atoms with Crippen LogP contribution in [0.5, 0.6) is 11.5 Å². The second kappa shape index (κ2) is 9.64. The van der Waals surface area contributed by atoms with E-state index in [0.717, 1.165) is 0 Å². The zero-order chi connectivity index (χ0) is 18.3. The monoisotopic (exact) mass is 413 g/mol. The minimum absolute atomic E-state index is 0.123. The van der Waals surface area contributed by atoms with E-state index in [4.69, 9.17) is 60.7 Å². The predicted molar refractivity (Wildman–Crippen MR) is 100 cm³/mol. The van der Waals surface area contributed by atoms with E-state index in [1.54, 1.807) is 19.1 Å². The summed E-state index contributed by atoms with van der Waals surface area (Å²) in [7, 11) is 0. The van der Waals surface area contributed by atoms with Gasteiger partial charge in [-0.25, -0.2) is 0 Å². The first-order chi connectivity index (χ1) is 11.1. The smallest absolute Gasteiger partial charge is 0.164 e. The van der Waals surface area contributed by atoms with E-state index in [1.165, 1.54) is 12.3 Å². The Bertz CT molecular complexity index is 597. The van der Waals surface area contributed by atoms with Crippen LogP contribution in [0.15, 0.2) is 34.7 Å². The fourth-order valence-electron chi connectivity index (χ4n) is 1.34. The van der Waals surface area contributed by atoms with Crippen molar-refractivity contribution in [1.82, 2.24) is 5.48 Å². The summed E-state index contributed by atoms with van der Waals surface area (Å²) in [5.41, 5.74) is 3.10. The van der Waals surface area contributed by atoms with Gasteiger partial charge in [-0.05, 0) is 33.8 Å². The van der Waals surface area contributed by atoms with Gasteiger partial charge in [-0.2, -0.15) is 0 Å². The summed E-state index contributed by atoms with van der Waals surface area (Å²) in [5.74, 6) is 0.784. The number of hydrogen-bond donors (Lipinski definition) is 1. The van der Waals surface area contributed by atoms with Crippen molar-refractivity contribution in [2.45, 2.75) is 33.3 Å². The van der Waals surface area contributed by atoms with Crippen LogP contribution in [0.4, 0.5) is 0 Å². The lowest BCUT2D eigenvalue weighted by Gasteiger charge is -2.20. The molecule has 0 aliphatic heterocycles. The molecule has 0 atom stereocenters. The summed E-state index contributed by atoms with van der Waals surface area (Å²) in [6.45, 7) is 7.75. The van der Waals surface area contributed by atoms with Crippen molar-refractivity contribution in [1.29, 1.82) is 0 Å². The van der Waals surface area contributed by atoms with Crippen LogP contribution in [0.1, 0.15) is 27.7 Å². The highest BCUT2D eigenvalue weighted by Crippen LogP contribution is 2.37. The quantitative estimate of drug-likeness (QED) is 0.422. The van der Waals surface area contributed by atoms with Crippen LogP contribution in [-0.4, -0.2) is 12.2 Å². The molecule has 0 fully saturated rings. The first-order valence-corrected chi connectivity index (χ1v) is 8.50. The minimum Gasteiger partial charge on any atom is -0.489 e. The van der Waals surface area contributed by atoms with Crippen LogP contribution in [0, 0.1) is 0 Å². The minimum atomic E-state index is -0.330. The van der Waals surface area contributed by atoms with Crippen molar-refractivity contribution >= 4 is 46.4 Å². The lowest BCUT2D eigenvalue weighted by molar-refractivity contribution is -0.0584. The third-order valence-corrected chi connectivity index (χ3v) is 3.20. The molecule has 0 saturated heterocycles. The first-order valence-electron chi connectivity index (χ1n) is 6.99. The Labute approximate surface area is 162 Å². The van der Waals surface area contributed by atoms with Crippen molar-refractivity contribution in [3.8, 4) is 11.5 Å². The Morgan fingerprint density at radius 1 is 1.17 bits per heavy atom. The predicted octanol–water partition coefficient (Wildman–Crippen LogP) is 6.25. The molecular formula is C16H19Cl4NO3. The van der Waals surface area contributed by atoms with Crippen molar-refractivity contribution in [2.75, 3.05) is 6.61 Å². The van der Waals surface area contributed by atoms with Crippen LogP contribution >= 0.6 is 46.4 Å². The maximum atomic E-state index is 6.17. The van der Waals surface area contributed by atoms with Crippen LogP contribution in [0.25, 0.3) is 0 Å². The fraction of sp³-hybridized carbons (Fsp3) is 0.375. The molecule has 1 rings (SSSR count). The normalized spacial score (nSPS) is 11.9. The van der Waals surface area contributed by atoms with Crippen LogP contribution in [0.2, 0.25) is 10.0 Å². The molecule has 4 nitrogen and oxygen atoms in total. The van der Waals surface area contributed by atoms with Gasteiger partial charge in [-0.3, -0.25) is 10.3 Å². The summed E-state index contributed by atoms with van der Waals surface area (Å²) < 4.78 is 11.1. The Kier molecular flexibility index (Phi) is 8.54. The Morgan fingerprint density at radius 3 is 2.25 bits per heavy atom. The maximum absolute atomic E-state index is 6.17. The van der Waals surface area contributed by atoms with E-state index >= 15 is 0 Å². The standard InChI is InChI=1S/C16H19Cl4NO3/c1-10(21-24-16(2,3)4)9-23-15-12(17)7-11(8-13(15)18)22-6-5-14(19)20/h5,7-9,21H,6H2,1-4H3. The first kappa shape index (κ1) is 21.3. The third-order valence-electron chi connectivity index (χ3n) is 2.33. The molecule has 1 N–H and O–H groups in total. The molecule has 0 spiro atoms. The largest absolute Gasteiger partial charge is 0.489 e. The highest BCUT2D eigenvalue weighted by atomic mass is 35.5. The maximum Gasteiger partial charge on any atom is 0.164 e. The van der Waals surface area contributed by atoms with Crippen LogP contribution < -0.4 is 15.0 Å². The van der Waals surface area contributed by atoms with Crippen molar-refractivity contribution in [2.24, 2.45) is 0 Å². The highest BCUT2D eigenvalue weighted by Gasteiger charge is 2.12. The second-order valence-electron chi connectivity index (χ2n) is 5.76. The van der Waals surface area contributed by atoms with E-state index in [-0.39, 0.29) is 16.7 Å². The summed E-state index contributed by atoms with van der Waals surface area (Å²) in [4.78, 5) is 5.41.